The molecule has 4 heteroatoms. The monoisotopic (exact) mass is 278 g/mol. The molecule has 0 bridgehead atoms. The average Bonchev–Trinajstić information content (AvgIpc) is 2.44. The van der Waals surface area contributed by atoms with Gasteiger partial charge in [0, 0.05) is 6.07 Å². The van der Waals surface area contributed by atoms with Crippen LogP contribution in [0.5, 0.6) is 5.75 Å². The summed E-state index contributed by atoms with van der Waals surface area (Å²) in [6.45, 7) is 0. The van der Waals surface area contributed by atoms with Gasteiger partial charge in [0.15, 0.2) is 0 Å². The molecule has 0 heterocycles. The molecule has 0 aliphatic carbocycles. The molecule has 2 rings (SSSR count). The summed E-state index contributed by atoms with van der Waals surface area (Å²) in [4.78, 5) is 0. The van der Waals surface area contributed by atoms with E-state index in [1.807, 2.05) is 24.3 Å². The summed E-state index contributed by atoms with van der Waals surface area (Å²) in [6, 6.07) is 10.6. The lowest BCUT2D eigenvalue weighted by molar-refractivity contribution is 0.167. The minimum Gasteiger partial charge on any atom is -0.497 e. The Kier molecular flexibility index (Phi) is 4.69. The quantitative estimate of drug-likeness (QED) is 0.904. The van der Waals surface area contributed by atoms with Crippen molar-refractivity contribution < 1.29 is 18.6 Å². The number of halogens is 2. The predicted octanol–water partition coefficient (Wildman–Crippen LogP) is 3.64. The lowest BCUT2D eigenvalue weighted by Crippen LogP contribution is -2.01. The second-order valence-electron chi connectivity index (χ2n) is 4.61. The van der Waals surface area contributed by atoms with Crippen molar-refractivity contribution in [3.63, 3.8) is 0 Å². The molecule has 1 unspecified atom stereocenters. The molecular formula is C16H16F2O2. The number of hydrogen-bond acceptors (Lipinski definition) is 2. The molecule has 2 aromatic carbocycles. The Morgan fingerprint density at radius 2 is 1.65 bits per heavy atom. The smallest absolute Gasteiger partial charge is 0.126 e. The van der Waals surface area contributed by atoms with Crippen LogP contribution in [-0.4, -0.2) is 12.2 Å². The number of methoxy groups -OCH3 is 1. The number of aliphatic hydroxyl groups excluding tert-OH is 1. The Bertz CT molecular complexity index is 547. The first kappa shape index (κ1) is 14.5. The summed E-state index contributed by atoms with van der Waals surface area (Å²) in [5.74, 6) is -0.589. The second-order valence-corrected chi connectivity index (χ2v) is 4.61. The molecular weight excluding hydrogens is 262 g/mol. The fraction of sp³-hybridized carbons (Fsp3) is 0.250. The van der Waals surface area contributed by atoms with E-state index in [1.165, 1.54) is 0 Å². The van der Waals surface area contributed by atoms with E-state index in [9.17, 15) is 13.9 Å². The highest BCUT2D eigenvalue weighted by atomic mass is 19.1. The normalized spacial score (nSPS) is 12.2. The average molecular weight is 278 g/mol. The van der Waals surface area contributed by atoms with Gasteiger partial charge in [-0.2, -0.15) is 0 Å². The van der Waals surface area contributed by atoms with Crippen LogP contribution in [0.15, 0.2) is 42.5 Å². The van der Waals surface area contributed by atoms with Gasteiger partial charge in [0.1, 0.15) is 17.4 Å². The SMILES string of the molecule is COc1ccc(CCC(O)c2cc(F)cc(F)c2)cc1. The summed E-state index contributed by atoms with van der Waals surface area (Å²) in [7, 11) is 1.59. The first-order valence-corrected chi connectivity index (χ1v) is 6.35. The molecule has 1 N–H and O–H groups in total. The van der Waals surface area contributed by atoms with Crippen molar-refractivity contribution in [2.45, 2.75) is 18.9 Å². The minimum atomic E-state index is -0.887. The Hall–Kier alpha value is -1.94. The van der Waals surface area contributed by atoms with Crippen LogP contribution in [0.2, 0.25) is 0 Å². The predicted molar refractivity (Wildman–Crippen MR) is 72.6 cm³/mol. The number of rotatable bonds is 5. The maximum absolute atomic E-state index is 13.1. The highest BCUT2D eigenvalue weighted by molar-refractivity contribution is 5.27. The van der Waals surface area contributed by atoms with Crippen LogP contribution in [-0.2, 0) is 6.42 Å². The van der Waals surface area contributed by atoms with Gasteiger partial charge in [-0.3, -0.25) is 0 Å². The third kappa shape index (κ3) is 3.78. The molecule has 2 aromatic rings. The van der Waals surface area contributed by atoms with Crippen molar-refractivity contribution >= 4 is 0 Å². The molecule has 0 aliphatic heterocycles. The number of aryl methyl sites for hydroxylation is 1. The largest absolute Gasteiger partial charge is 0.497 e. The van der Waals surface area contributed by atoms with Gasteiger partial charge >= 0.3 is 0 Å². The second kappa shape index (κ2) is 6.48. The van der Waals surface area contributed by atoms with Crippen LogP contribution in [0.3, 0.4) is 0 Å². The summed E-state index contributed by atoms with van der Waals surface area (Å²) in [5.41, 5.74) is 1.29. The molecule has 0 spiro atoms. The zero-order chi connectivity index (χ0) is 14.5. The van der Waals surface area contributed by atoms with E-state index in [-0.39, 0.29) is 5.56 Å². The Morgan fingerprint density at radius 3 is 2.20 bits per heavy atom. The zero-order valence-corrected chi connectivity index (χ0v) is 11.1. The number of benzene rings is 2. The summed E-state index contributed by atoms with van der Waals surface area (Å²) < 4.78 is 31.2. The van der Waals surface area contributed by atoms with Crippen LogP contribution in [0.25, 0.3) is 0 Å². The van der Waals surface area contributed by atoms with Crippen LogP contribution in [0.4, 0.5) is 8.78 Å². The topological polar surface area (TPSA) is 29.5 Å². The van der Waals surface area contributed by atoms with Gasteiger partial charge in [0.2, 0.25) is 0 Å². The fourth-order valence-electron chi connectivity index (χ4n) is 2.03. The summed E-state index contributed by atoms with van der Waals surface area (Å²) >= 11 is 0. The molecule has 0 fully saturated rings. The van der Waals surface area contributed by atoms with Gasteiger partial charge in [0.05, 0.1) is 13.2 Å². The lowest BCUT2D eigenvalue weighted by Gasteiger charge is -2.11. The third-order valence-electron chi connectivity index (χ3n) is 3.14. The van der Waals surface area contributed by atoms with E-state index in [0.717, 1.165) is 29.5 Å². The van der Waals surface area contributed by atoms with Crippen molar-refractivity contribution in [3.05, 3.63) is 65.2 Å². The molecule has 0 amide bonds. The van der Waals surface area contributed by atoms with E-state index in [0.29, 0.717) is 12.8 Å². The van der Waals surface area contributed by atoms with Crippen LogP contribution in [0, 0.1) is 11.6 Å². The molecule has 0 aromatic heterocycles. The van der Waals surface area contributed by atoms with Gasteiger partial charge in [-0.05, 0) is 48.2 Å². The summed E-state index contributed by atoms with van der Waals surface area (Å²) in [6.07, 6.45) is 0.126. The van der Waals surface area contributed by atoms with Crippen molar-refractivity contribution in [1.29, 1.82) is 0 Å². The van der Waals surface area contributed by atoms with Crippen molar-refractivity contribution in [2.24, 2.45) is 0 Å². The van der Waals surface area contributed by atoms with Crippen LogP contribution < -0.4 is 4.74 Å². The standard InChI is InChI=1S/C16H16F2O2/c1-20-15-5-2-11(3-6-15)4-7-16(19)12-8-13(17)10-14(18)9-12/h2-3,5-6,8-10,16,19H,4,7H2,1H3. The molecule has 20 heavy (non-hydrogen) atoms. The van der Waals surface area contributed by atoms with Gasteiger partial charge in [-0.15, -0.1) is 0 Å². The molecule has 0 saturated carbocycles. The maximum atomic E-state index is 13.1. The first-order chi connectivity index (χ1) is 9.58. The van der Waals surface area contributed by atoms with Crippen molar-refractivity contribution in [2.75, 3.05) is 7.11 Å². The Labute approximate surface area is 116 Å². The van der Waals surface area contributed by atoms with E-state index >= 15 is 0 Å². The van der Waals surface area contributed by atoms with Gasteiger partial charge < -0.3 is 9.84 Å². The first-order valence-electron chi connectivity index (χ1n) is 6.35. The van der Waals surface area contributed by atoms with Crippen LogP contribution in [0.1, 0.15) is 23.7 Å². The minimum absolute atomic E-state index is 0.260. The molecule has 2 nitrogen and oxygen atoms in total. The number of hydrogen-bond donors (Lipinski definition) is 1. The van der Waals surface area contributed by atoms with Gasteiger partial charge in [0.25, 0.3) is 0 Å². The Balaban J connectivity index is 1.98. The molecule has 106 valence electrons. The Morgan fingerprint density at radius 1 is 1.05 bits per heavy atom. The maximum Gasteiger partial charge on any atom is 0.126 e. The summed E-state index contributed by atoms with van der Waals surface area (Å²) in [5, 5.41) is 9.97. The molecule has 1 atom stereocenters. The lowest BCUT2D eigenvalue weighted by atomic mass is 10.0. The number of aliphatic hydroxyl groups is 1. The van der Waals surface area contributed by atoms with E-state index in [2.05, 4.69) is 0 Å². The van der Waals surface area contributed by atoms with Gasteiger partial charge in [-0.1, -0.05) is 12.1 Å². The highest BCUT2D eigenvalue weighted by Gasteiger charge is 2.10. The number of ether oxygens (including phenoxy) is 1. The van der Waals surface area contributed by atoms with E-state index in [4.69, 9.17) is 4.74 Å². The van der Waals surface area contributed by atoms with Gasteiger partial charge in [-0.25, -0.2) is 8.78 Å². The zero-order valence-electron chi connectivity index (χ0n) is 11.1. The highest BCUT2D eigenvalue weighted by Crippen LogP contribution is 2.22. The third-order valence-corrected chi connectivity index (χ3v) is 3.14. The van der Waals surface area contributed by atoms with Crippen molar-refractivity contribution in [1.82, 2.24) is 0 Å². The fourth-order valence-corrected chi connectivity index (χ4v) is 2.03. The molecule has 0 radical (unpaired) electrons. The molecule has 0 aliphatic rings. The van der Waals surface area contributed by atoms with E-state index < -0.39 is 17.7 Å². The van der Waals surface area contributed by atoms with E-state index in [1.54, 1.807) is 7.11 Å². The van der Waals surface area contributed by atoms with Crippen molar-refractivity contribution in [3.8, 4) is 5.75 Å². The van der Waals surface area contributed by atoms with Crippen LogP contribution >= 0.6 is 0 Å². The molecule has 0 saturated heterocycles.